The molecule has 0 atom stereocenters. The van der Waals surface area contributed by atoms with Gasteiger partial charge in [0.25, 0.3) is 0 Å². The van der Waals surface area contributed by atoms with E-state index < -0.39 is 0 Å². The summed E-state index contributed by atoms with van der Waals surface area (Å²) in [6.07, 6.45) is 1.80. The molecule has 0 radical (unpaired) electrons. The lowest BCUT2D eigenvalue weighted by Crippen LogP contribution is -2.27. The Bertz CT molecular complexity index is 518. The van der Waals surface area contributed by atoms with Gasteiger partial charge in [-0.3, -0.25) is 4.98 Å². The molecule has 2 heterocycles. The van der Waals surface area contributed by atoms with Crippen LogP contribution in [0.15, 0.2) is 23.7 Å². The van der Waals surface area contributed by atoms with Gasteiger partial charge in [0.2, 0.25) is 0 Å². The van der Waals surface area contributed by atoms with Crippen LogP contribution in [0.1, 0.15) is 30.1 Å². The van der Waals surface area contributed by atoms with Crippen molar-refractivity contribution >= 4 is 17.2 Å². The van der Waals surface area contributed by atoms with E-state index >= 15 is 0 Å². The third kappa shape index (κ3) is 2.88. The highest BCUT2D eigenvalue weighted by Gasteiger charge is 2.21. The maximum Gasteiger partial charge on any atom is 0.144 e. The van der Waals surface area contributed by atoms with Crippen LogP contribution in [0.5, 0.6) is 0 Å². The van der Waals surface area contributed by atoms with Gasteiger partial charge >= 0.3 is 0 Å². The van der Waals surface area contributed by atoms with Crippen LogP contribution in [-0.2, 0) is 5.41 Å². The van der Waals surface area contributed by atoms with Crippen LogP contribution in [0.2, 0.25) is 0 Å². The zero-order valence-corrected chi connectivity index (χ0v) is 12.1. The average Bonchev–Trinajstić information content (AvgIpc) is 2.85. The largest absolute Gasteiger partial charge is 0.368 e. The monoisotopic (exact) mass is 261 g/mol. The average molecular weight is 261 g/mol. The molecule has 0 amide bonds. The predicted molar refractivity (Wildman–Crippen MR) is 77.3 cm³/mol. The second-order valence-electron chi connectivity index (χ2n) is 5.14. The van der Waals surface area contributed by atoms with Crippen LogP contribution in [-0.4, -0.2) is 16.5 Å². The van der Waals surface area contributed by atoms with Crippen molar-refractivity contribution in [2.45, 2.75) is 33.1 Å². The Labute approximate surface area is 112 Å². The van der Waals surface area contributed by atoms with E-state index in [1.807, 2.05) is 13.8 Å². The number of aromatic nitrogens is 2. The molecule has 0 aliphatic heterocycles. The van der Waals surface area contributed by atoms with Crippen LogP contribution in [0.3, 0.4) is 0 Å². The summed E-state index contributed by atoms with van der Waals surface area (Å²) < 4.78 is 0. The summed E-state index contributed by atoms with van der Waals surface area (Å²) in [6.45, 7) is 9.28. The Kier molecular flexibility index (Phi) is 3.66. The van der Waals surface area contributed by atoms with Crippen molar-refractivity contribution in [2.24, 2.45) is 0 Å². The van der Waals surface area contributed by atoms with Crippen molar-refractivity contribution in [1.29, 1.82) is 0 Å². The molecule has 0 aliphatic rings. The molecule has 0 spiro atoms. The van der Waals surface area contributed by atoms with Crippen molar-refractivity contribution in [2.75, 3.05) is 11.9 Å². The van der Waals surface area contributed by atoms with Gasteiger partial charge in [0.15, 0.2) is 0 Å². The first kappa shape index (κ1) is 13.0. The van der Waals surface area contributed by atoms with E-state index in [4.69, 9.17) is 0 Å². The fraction of sp³-hybridized carbons (Fsp3) is 0.429. The summed E-state index contributed by atoms with van der Waals surface area (Å²) in [4.78, 5) is 10.2. The Morgan fingerprint density at radius 1 is 1.28 bits per heavy atom. The molecule has 0 aliphatic carbocycles. The normalized spacial score (nSPS) is 11.6. The van der Waals surface area contributed by atoms with Gasteiger partial charge in [-0.25, -0.2) is 4.98 Å². The highest BCUT2D eigenvalue weighted by atomic mass is 32.1. The van der Waals surface area contributed by atoms with Gasteiger partial charge in [-0.1, -0.05) is 19.9 Å². The Morgan fingerprint density at radius 3 is 2.67 bits per heavy atom. The fourth-order valence-electron chi connectivity index (χ4n) is 1.69. The van der Waals surface area contributed by atoms with Gasteiger partial charge < -0.3 is 5.32 Å². The highest BCUT2D eigenvalue weighted by Crippen LogP contribution is 2.27. The first-order valence-electron chi connectivity index (χ1n) is 6.07. The first-order valence-corrected chi connectivity index (χ1v) is 6.95. The predicted octanol–water partition coefficient (Wildman–Crippen LogP) is 3.54. The van der Waals surface area contributed by atoms with Crippen molar-refractivity contribution in [1.82, 2.24) is 9.97 Å². The Hall–Kier alpha value is -1.42. The van der Waals surface area contributed by atoms with E-state index in [0.29, 0.717) is 0 Å². The van der Waals surface area contributed by atoms with Gasteiger partial charge in [-0.05, 0) is 25.3 Å². The number of hydrogen-bond donors (Lipinski definition) is 1. The SMILES string of the molecule is Cc1ncc(NCC(C)(C)c2cccs2)nc1C. The molecule has 0 fully saturated rings. The maximum absolute atomic E-state index is 4.49. The Morgan fingerprint density at radius 2 is 2.06 bits per heavy atom. The van der Waals surface area contributed by atoms with Crippen LogP contribution < -0.4 is 5.32 Å². The van der Waals surface area contributed by atoms with E-state index in [-0.39, 0.29) is 5.41 Å². The number of nitrogens with zero attached hydrogens (tertiary/aromatic N) is 2. The standard InChI is InChI=1S/C14H19N3S/c1-10-11(2)17-13(8-15-10)16-9-14(3,4)12-6-5-7-18-12/h5-8H,9H2,1-4H3,(H,16,17). The quantitative estimate of drug-likeness (QED) is 0.914. The molecular weight excluding hydrogens is 242 g/mol. The number of anilines is 1. The molecule has 0 saturated carbocycles. The summed E-state index contributed by atoms with van der Waals surface area (Å²) in [7, 11) is 0. The van der Waals surface area contributed by atoms with Crippen molar-refractivity contribution in [3.63, 3.8) is 0 Å². The zero-order chi connectivity index (χ0) is 13.2. The van der Waals surface area contributed by atoms with E-state index in [1.54, 1.807) is 17.5 Å². The molecule has 0 saturated heterocycles. The van der Waals surface area contributed by atoms with Gasteiger partial charge in [-0.15, -0.1) is 11.3 Å². The highest BCUT2D eigenvalue weighted by molar-refractivity contribution is 7.10. The summed E-state index contributed by atoms with van der Waals surface area (Å²) in [5.74, 6) is 0.850. The molecule has 2 aromatic heterocycles. The fourth-order valence-corrected chi connectivity index (χ4v) is 2.54. The summed E-state index contributed by atoms with van der Waals surface area (Å²) in [6, 6.07) is 4.27. The minimum atomic E-state index is 0.106. The van der Waals surface area contributed by atoms with Crippen molar-refractivity contribution < 1.29 is 0 Å². The van der Waals surface area contributed by atoms with Gasteiger partial charge in [0.05, 0.1) is 17.6 Å². The summed E-state index contributed by atoms with van der Waals surface area (Å²) in [5, 5.41) is 5.49. The van der Waals surface area contributed by atoms with E-state index in [1.165, 1.54) is 4.88 Å². The van der Waals surface area contributed by atoms with Gasteiger partial charge in [0, 0.05) is 16.8 Å². The minimum absolute atomic E-state index is 0.106. The van der Waals surface area contributed by atoms with Crippen LogP contribution in [0.25, 0.3) is 0 Å². The van der Waals surface area contributed by atoms with Crippen LogP contribution >= 0.6 is 11.3 Å². The summed E-state index contributed by atoms with van der Waals surface area (Å²) >= 11 is 1.79. The minimum Gasteiger partial charge on any atom is -0.368 e. The number of hydrogen-bond acceptors (Lipinski definition) is 4. The van der Waals surface area contributed by atoms with Gasteiger partial charge in [0.1, 0.15) is 5.82 Å². The molecule has 18 heavy (non-hydrogen) atoms. The van der Waals surface area contributed by atoms with Crippen LogP contribution in [0, 0.1) is 13.8 Å². The molecule has 0 unspecified atom stereocenters. The molecule has 1 N–H and O–H groups in total. The Balaban J connectivity index is 2.05. The molecule has 2 aromatic rings. The second-order valence-corrected chi connectivity index (χ2v) is 6.09. The lowest BCUT2D eigenvalue weighted by molar-refractivity contribution is 0.568. The lowest BCUT2D eigenvalue weighted by atomic mass is 9.91. The van der Waals surface area contributed by atoms with Gasteiger partial charge in [-0.2, -0.15) is 0 Å². The van der Waals surface area contributed by atoms with E-state index in [2.05, 4.69) is 46.6 Å². The van der Waals surface area contributed by atoms with E-state index in [0.717, 1.165) is 23.8 Å². The van der Waals surface area contributed by atoms with E-state index in [9.17, 15) is 0 Å². The molecule has 3 nitrogen and oxygen atoms in total. The summed E-state index contributed by atoms with van der Waals surface area (Å²) in [5.41, 5.74) is 2.07. The third-order valence-electron chi connectivity index (χ3n) is 3.09. The molecule has 4 heteroatoms. The molecule has 0 aromatic carbocycles. The van der Waals surface area contributed by atoms with Crippen molar-refractivity contribution in [3.05, 3.63) is 40.0 Å². The first-order chi connectivity index (χ1) is 8.49. The number of aryl methyl sites for hydroxylation is 2. The zero-order valence-electron chi connectivity index (χ0n) is 11.3. The lowest BCUT2D eigenvalue weighted by Gasteiger charge is -2.24. The molecule has 2 rings (SSSR count). The maximum atomic E-state index is 4.49. The molecule has 96 valence electrons. The van der Waals surface area contributed by atoms with Crippen molar-refractivity contribution in [3.8, 4) is 0 Å². The smallest absolute Gasteiger partial charge is 0.144 e. The number of thiophene rings is 1. The molecular formula is C14H19N3S. The number of rotatable bonds is 4. The molecule has 0 bridgehead atoms. The topological polar surface area (TPSA) is 37.8 Å². The second kappa shape index (κ2) is 5.06. The number of nitrogens with one attached hydrogen (secondary N) is 1. The van der Waals surface area contributed by atoms with Crippen LogP contribution in [0.4, 0.5) is 5.82 Å². The third-order valence-corrected chi connectivity index (χ3v) is 4.33.